The van der Waals surface area contributed by atoms with Gasteiger partial charge in [0.1, 0.15) is 5.82 Å². The van der Waals surface area contributed by atoms with E-state index >= 15 is 0 Å². The first kappa shape index (κ1) is 13.1. The molecule has 0 aliphatic carbocycles. The third-order valence-electron chi connectivity index (χ3n) is 2.54. The summed E-state index contributed by atoms with van der Waals surface area (Å²) in [5.74, 6) is -1.000. The van der Waals surface area contributed by atoms with E-state index in [1.165, 1.54) is 24.3 Å². The maximum Gasteiger partial charge on any atom is 0.197 e. The number of carbonyl (C=O) groups excluding carboxylic acids is 1. The Morgan fingerprint density at radius 2 is 1.72 bits per heavy atom. The molecule has 4 heteroatoms. The zero-order valence-corrected chi connectivity index (χ0v) is 11.0. The Labute approximate surface area is 114 Å². The summed E-state index contributed by atoms with van der Waals surface area (Å²) in [6.07, 6.45) is 0. The zero-order chi connectivity index (χ0) is 13.3. The van der Waals surface area contributed by atoms with Gasteiger partial charge in [-0.05, 0) is 42.8 Å². The molecule has 0 saturated carbocycles. The van der Waals surface area contributed by atoms with Crippen LogP contribution in [0.25, 0.3) is 0 Å². The summed E-state index contributed by atoms with van der Waals surface area (Å²) in [6.45, 7) is 1.76. The van der Waals surface area contributed by atoms with Crippen LogP contribution in [0.2, 0.25) is 10.0 Å². The van der Waals surface area contributed by atoms with Crippen molar-refractivity contribution in [1.82, 2.24) is 0 Å². The van der Waals surface area contributed by atoms with E-state index in [-0.39, 0.29) is 16.1 Å². The van der Waals surface area contributed by atoms with Crippen molar-refractivity contribution < 1.29 is 9.18 Å². The Bertz CT molecular complexity index is 570. The van der Waals surface area contributed by atoms with Crippen LogP contribution in [0.5, 0.6) is 0 Å². The molecule has 0 radical (unpaired) electrons. The highest BCUT2D eigenvalue weighted by atomic mass is 35.5. The molecule has 2 aromatic carbocycles. The average molecular weight is 283 g/mol. The van der Waals surface area contributed by atoms with Gasteiger partial charge in [0, 0.05) is 10.6 Å². The molecule has 0 bridgehead atoms. The van der Waals surface area contributed by atoms with Gasteiger partial charge in [-0.1, -0.05) is 29.3 Å². The number of halogens is 3. The third kappa shape index (κ3) is 2.55. The Morgan fingerprint density at radius 1 is 1.06 bits per heavy atom. The van der Waals surface area contributed by atoms with Crippen molar-refractivity contribution in [2.45, 2.75) is 6.92 Å². The number of ketones is 1. The smallest absolute Gasteiger partial charge is 0.197 e. The van der Waals surface area contributed by atoms with E-state index in [2.05, 4.69) is 0 Å². The van der Waals surface area contributed by atoms with Crippen molar-refractivity contribution in [3.8, 4) is 0 Å². The third-order valence-corrected chi connectivity index (χ3v) is 3.09. The van der Waals surface area contributed by atoms with Crippen LogP contribution in [-0.4, -0.2) is 5.78 Å². The van der Waals surface area contributed by atoms with Crippen LogP contribution in [0.4, 0.5) is 4.39 Å². The fourth-order valence-electron chi connectivity index (χ4n) is 1.62. The minimum Gasteiger partial charge on any atom is -0.288 e. The van der Waals surface area contributed by atoms with Gasteiger partial charge in [0.05, 0.1) is 10.6 Å². The predicted octanol–water partition coefficient (Wildman–Crippen LogP) is 4.67. The van der Waals surface area contributed by atoms with Crippen molar-refractivity contribution in [1.29, 1.82) is 0 Å². The standard InChI is InChI=1S/C14H9Cl2FO/c1-8-2-4-11(13(17)6-8)14(18)10-5-3-9(15)7-12(10)16/h2-7H,1H3. The summed E-state index contributed by atoms with van der Waals surface area (Å²) >= 11 is 11.7. The second-order valence-corrected chi connectivity index (χ2v) is 4.78. The maximum absolute atomic E-state index is 13.7. The summed E-state index contributed by atoms with van der Waals surface area (Å²) in [5.41, 5.74) is 1.000. The summed E-state index contributed by atoms with van der Waals surface area (Å²) in [7, 11) is 0. The first-order chi connectivity index (χ1) is 8.49. The average Bonchev–Trinajstić information content (AvgIpc) is 2.28. The van der Waals surface area contributed by atoms with Gasteiger partial charge in [-0.15, -0.1) is 0 Å². The quantitative estimate of drug-likeness (QED) is 0.732. The number of carbonyl (C=O) groups is 1. The lowest BCUT2D eigenvalue weighted by molar-refractivity contribution is 0.103. The molecule has 0 spiro atoms. The molecule has 0 fully saturated rings. The highest BCUT2D eigenvalue weighted by Crippen LogP contribution is 2.24. The van der Waals surface area contributed by atoms with Gasteiger partial charge in [0.25, 0.3) is 0 Å². The topological polar surface area (TPSA) is 17.1 Å². The molecule has 2 aromatic rings. The van der Waals surface area contributed by atoms with Crippen LogP contribution in [-0.2, 0) is 0 Å². The molecule has 0 saturated heterocycles. The lowest BCUT2D eigenvalue weighted by Gasteiger charge is -2.06. The van der Waals surface area contributed by atoms with Crippen LogP contribution < -0.4 is 0 Å². The van der Waals surface area contributed by atoms with Crippen molar-refractivity contribution in [3.63, 3.8) is 0 Å². The Hall–Kier alpha value is -1.38. The molecule has 0 heterocycles. The van der Waals surface area contributed by atoms with Gasteiger partial charge in [-0.3, -0.25) is 4.79 Å². The summed E-state index contributed by atoms with van der Waals surface area (Å²) in [6, 6.07) is 8.95. The molecule has 0 N–H and O–H groups in total. The SMILES string of the molecule is Cc1ccc(C(=O)c2ccc(Cl)cc2Cl)c(F)c1. The Morgan fingerprint density at radius 3 is 2.33 bits per heavy atom. The number of aryl methyl sites for hydroxylation is 1. The molecule has 0 atom stereocenters. The molecule has 0 aliphatic rings. The van der Waals surface area contributed by atoms with Crippen LogP contribution >= 0.6 is 23.2 Å². The van der Waals surface area contributed by atoms with Crippen molar-refractivity contribution >= 4 is 29.0 Å². The van der Waals surface area contributed by atoms with E-state index in [0.29, 0.717) is 5.02 Å². The number of rotatable bonds is 2. The minimum atomic E-state index is -0.550. The fourth-order valence-corrected chi connectivity index (χ4v) is 2.12. The molecular weight excluding hydrogens is 274 g/mol. The van der Waals surface area contributed by atoms with E-state index in [0.717, 1.165) is 5.56 Å². The minimum absolute atomic E-state index is 0.00447. The van der Waals surface area contributed by atoms with Crippen LogP contribution in [0.15, 0.2) is 36.4 Å². The Balaban J connectivity index is 2.48. The normalized spacial score (nSPS) is 10.4. The van der Waals surface area contributed by atoms with Gasteiger partial charge in [0.2, 0.25) is 0 Å². The van der Waals surface area contributed by atoms with Crippen molar-refractivity contribution in [2.75, 3.05) is 0 Å². The summed E-state index contributed by atoms with van der Waals surface area (Å²) in [5, 5.41) is 0.647. The van der Waals surface area contributed by atoms with Gasteiger partial charge in [0.15, 0.2) is 5.78 Å². The van der Waals surface area contributed by atoms with E-state index in [9.17, 15) is 9.18 Å². The lowest BCUT2D eigenvalue weighted by atomic mass is 10.0. The molecule has 18 heavy (non-hydrogen) atoms. The molecular formula is C14H9Cl2FO. The monoisotopic (exact) mass is 282 g/mol. The van der Waals surface area contributed by atoms with Crippen molar-refractivity contribution in [2.24, 2.45) is 0 Å². The van der Waals surface area contributed by atoms with Crippen LogP contribution in [0, 0.1) is 12.7 Å². The fraction of sp³-hybridized carbons (Fsp3) is 0.0714. The second-order valence-electron chi connectivity index (χ2n) is 3.94. The van der Waals surface area contributed by atoms with E-state index in [1.54, 1.807) is 19.1 Å². The highest BCUT2D eigenvalue weighted by molar-refractivity contribution is 6.37. The van der Waals surface area contributed by atoms with Gasteiger partial charge in [-0.2, -0.15) is 0 Å². The number of hydrogen-bond donors (Lipinski definition) is 0. The van der Waals surface area contributed by atoms with Crippen LogP contribution in [0.1, 0.15) is 21.5 Å². The number of benzene rings is 2. The largest absolute Gasteiger partial charge is 0.288 e. The Kier molecular flexibility index (Phi) is 3.69. The van der Waals surface area contributed by atoms with E-state index in [1.807, 2.05) is 0 Å². The first-order valence-corrected chi connectivity index (χ1v) is 6.00. The second kappa shape index (κ2) is 5.09. The van der Waals surface area contributed by atoms with E-state index < -0.39 is 11.6 Å². The summed E-state index contributed by atoms with van der Waals surface area (Å²) in [4.78, 5) is 12.1. The molecule has 92 valence electrons. The highest BCUT2D eigenvalue weighted by Gasteiger charge is 2.16. The van der Waals surface area contributed by atoms with Crippen molar-refractivity contribution in [3.05, 3.63) is 69.0 Å². The molecule has 2 rings (SSSR count). The molecule has 0 aliphatic heterocycles. The number of hydrogen-bond acceptors (Lipinski definition) is 1. The molecule has 0 amide bonds. The zero-order valence-electron chi connectivity index (χ0n) is 9.51. The van der Waals surface area contributed by atoms with Gasteiger partial charge < -0.3 is 0 Å². The van der Waals surface area contributed by atoms with E-state index in [4.69, 9.17) is 23.2 Å². The lowest BCUT2D eigenvalue weighted by Crippen LogP contribution is -2.05. The van der Waals surface area contributed by atoms with Gasteiger partial charge >= 0.3 is 0 Å². The van der Waals surface area contributed by atoms with Crippen LogP contribution in [0.3, 0.4) is 0 Å². The maximum atomic E-state index is 13.7. The summed E-state index contributed by atoms with van der Waals surface area (Å²) < 4.78 is 13.7. The molecule has 1 nitrogen and oxygen atoms in total. The molecule has 0 unspecified atom stereocenters. The molecule has 0 aromatic heterocycles. The van der Waals surface area contributed by atoms with Gasteiger partial charge in [-0.25, -0.2) is 4.39 Å². The first-order valence-electron chi connectivity index (χ1n) is 5.25. The predicted molar refractivity (Wildman–Crippen MR) is 71.0 cm³/mol.